The summed E-state index contributed by atoms with van der Waals surface area (Å²) in [5.74, 6) is 0. The lowest BCUT2D eigenvalue weighted by atomic mass is 9.92. The number of hydrogen-bond donors (Lipinski definition) is 1. The average molecular weight is 288 g/mol. The first-order chi connectivity index (χ1) is 8.83. The van der Waals surface area contributed by atoms with Gasteiger partial charge in [0.25, 0.3) is 0 Å². The van der Waals surface area contributed by atoms with Crippen LogP contribution in [0, 0.1) is 6.92 Å². The summed E-state index contributed by atoms with van der Waals surface area (Å²) in [5, 5.41) is 8.64. The molecule has 0 radical (unpaired) electrons. The fourth-order valence-corrected chi connectivity index (χ4v) is 2.39. The van der Waals surface area contributed by atoms with Crippen molar-refractivity contribution in [3.05, 3.63) is 16.4 Å². The average Bonchev–Trinajstić information content (AvgIpc) is 2.60. The van der Waals surface area contributed by atoms with Crippen LogP contribution in [-0.2, 0) is 18.2 Å². The van der Waals surface area contributed by atoms with Crippen LogP contribution < -0.4 is 5.32 Å². The minimum Gasteiger partial charge on any atom is -0.377 e. The molecule has 1 aromatic rings. The maximum Gasteiger partial charge on any atom is 0.130 e. The molecule has 1 unspecified atom stereocenters. The Morgan fingerprint density at radius 3 is 2.53 bits per heavy atom. The van der Waals surface area contributed by atoms with Crippen molar-refractivity contribution in [2.75, 3.05) is 13.7 Å². The molecule has 0 bridgehead atoms. The summed E-state index contributed by atoms with van der Waals surface area (Å²) in [6.45, 7) is 9.32. The van der Waals surface area contributed by atoms with E-state index in [1.807, 2.05) is 14.0 Å². The molecule has 4 nitrogen and oxygen atoms in total. The first kappa shape index (κ1) is 16.5. The summed E-state index contributed by atoms with van der Waals surface area (Å²) >= 11 is 6.32. The highest BCUT2D eigenvalue weighted by Gasteiger charge is 2.30. The Kier molecular flexibility index (Phi) is 5.83. The zero-order chi connectivity index (χ0) is 14.6. The van der Waals surface area contributed by atoms with Crippen molar-refractivity contribution in [3.8, 4) is 0 Å². The second kappa shape index (κ2) is 6.73. The van der Waals surface area contributed by atoms with E-state index in [-0.39, 0.29) is 11.6 Å². The van der Waals surface area contributed by atoms with Crippen LogP contribution in [-0.4, -0.2) is 35.1 Å². The molecule has 1 aromatic heterocycles. The van der Waals surface area contributed by atoms with Crippen LogP contribution in [0.5, 0.6) is 0 Å². The normalized spacial score (nSPS) is 13.8. The van der Waals surface area contributed by atoms with Crippen molar-refractivity contribution in [3.63, 3.8) is 0 Å². The fourth-order valence-electron chi connectivity index (χ4n) is 2.13. The van der Waals surface area contributed by atoms with Crippen molar-refractivity contribution in [1.29, 1.82) is 0 Å². The predicted octanol–water partition coefficient (Wildman–Crippen LogP) is 2.72. The van der Waals surface area contributed by atoms with Gasteiger partial charge in [0.15, 0.2) is 0 Å². The zero-order valence-electron chi connectivity index (χ0n) is 12.9. The number of aryl methyl sites for hydroxylation is 2. The number of nitrogens with one attached hydrogen (secondary N) is 1. The van der Waals surface area contributed by atoms with Gasteiger partial charge in [-0.2, -0.15) is 5.10 Å². The van der Waals surface area contributed by atoms with Gasteiger partial charge in [-0.15, -0.1) is 0 Å². The van der Waals surface area contributed by atoms with Crippen LogP contribution in [0.2, 0.25) is 5.15 Å². The van der Waals surface area contributed by atoms with E-state index in [9.17, 15) is 0 Å². The molecule has 1 N–H and O–H groups in total. The van der Waals surface area contributed by atoms with Crippen LogP contribution in [0.4, 0.5) is 0 Å². The molecule has 5 heteroatoms. The molecule has 0 aliphatic rings. The van der Waals surface area contributed by atoms with Gasteiger partial charge in [-0.3, -0.25) is 4.68 Å². The molecule has 0 saturated carbocycles. The molecule has 1 atom stereocenters. The van der Waals surface area contributed by atoms with Gasteiger partial charge in [-0.05, 0) is 40.2 Å². The Bertz CT molecular complexity index is 415. The van der Waals surface area contributed by atoms with Crippen molar-refractivity contribution >= 4 is 11.6 Å². The van der Waals surface area contributed by atoms with Crippen LogP contribution >= 0.6 is 11.6 Å². The SMILES string of the molecule is CCCNC(Cc1c(C)nn(C)c1Cl)C(C)(C)OC. The fraction of sp³-hybridized carbons (Fsp3) is 0.786. The Hall–Kier alpha value is -0.580. The Labute approximate surface area is 121 Å². The van der Waals surface area contributed by atoms with Crippen molar-refractivity contribution in [2.24, 2.45) is 7.05 Å². The van der Waals surface area contributed by atoms with Crippen LogP contribution in [0.1, 0.15) is 38.4 Å². The van der Waals surface area contributed by atoms with Gasteiger partial charge in [0.05, 0.1) is 11.3 Å². The van der Waals surface area contributed by atoms with Crippen LogP contribution in [0.25, 0.3) is 0 Å². The van der Waals surface area contributed by atoms with Gasteiger partial charge in [-0.1, -0.05) is 18.5 Å². The first-order valence-corrected chi connectivity index (χ1v) is 7.17. The Morgan fingerprint density at radius 1 is 1.47 bits per heavy atom. The second-order valence-corrected chi connectivity index (χ2v) is 5.85. The molecule has 0 saturated heterocycles. The van der Waals surface area contributed by atoms with Crippen molar-refractivity contribution < 1.29 is 4.74 Å². The molecule has 110 valence electrons. The summed E-state index contributed by atoms with van der Waals surface area (Å²) in [6, 6.07) is 0.206. The molecule has 0 amide bonds. The van der Waals surface area contributed by atoms with E-state index < -0.39 is 0 Å². The molecule has 0 aliphatic heterocycles. The second-order valence-electron chi connectivity index (χ2n) is 5.50. The lowest BCUT2D eigenvalue weighted by Gasteiger charge is -2.34. The maximum absolute atomic E-state index is 6.32. The Balaban J connectivity index is 2.94. The van der Waals surface area contributed by atoms with E-state index in [2.05, 4.69) is 31.2 Å². The highest BCUT2D eigenvalue weighted by atomic mass is 35.5. The Morgan fingerprint density at radius 2 is 2.11 bits per heavy atom. The van der Waals surface area contributed by atoms with Crippen molar-refractivity contribution in [2.45, 2.75) is 52.2 Å². The predicted molar refractivity (Wildman–Crippen MR) is 79.8 cm³/mol. The van der Waals surface area contributed by atoms with Gasteiger partial charge in [0, 0.05) is 25.8 Å². The van der Waals surface area contributed by atoms with E-state index in [4.69, 9.17) is 16.3 Å². The lowest BCUT2D eigenvalue weighted by molar-refractivity contribution is -0.01000. The summed E-state index contributed by atoms with van der Waals surface area (Å²) in [4.78, 5) is 0. The number of ether oxygens (including phenoxy) is 1. The molecule has 0 aliphatic carbocycles. The highest BCUT2D eigenvalue weighted by molar-refractivity contribution is 6.30. The third kappa shape index (κ3) is 3.94. The van der Waals surface area contributed by atoms with E-state index >= 15 is 0 Å². The largest absolute Gasteiger partial charge is 0.377 e. The van der Waals surface area contributed by atoms with Gasteiger partial charge >= 0.3 is 0 Å². The van der Waals surface area contributed by atoms with Crippen LogP contribution in [0.3, 0.4) is 0 Å². The zero-order valence-corrected chi connectivity index (χ0v) is 13.6. The number of hydrogen-bond acceptors (Lipinski definition) is 3. The molecule has 19 heavy (non-hydrogen) atoms. The summed E-state index contributed by atoms with van der Waals surface area (Å²) < 4.78 is 7.35. The molecule has 1 heterocycles. The number of halogens is 1. The standard InChI is InChI=1S/C14H26ClN3O/c1-7-8-16-12(14(3,4)19-6)9-11-10(2)17-18(5)13(11)15/h12,16H,7-9H2,1-6H3. The minimum absolute atomic E-state index is 0.206. The van der Waals surface area contributed by atoms with E-state index in [0.717, 1.165) is 30.6 Å². The maximum atomic E-state index is 6.32. The molecule has 1 rings (SSSR count). The highest BCUT2D eigenvalue weighted by Crippen LogP contribution is 2.24. The molecule has 0 fully saturated rings. The third-order valence-corrected chi connectivity index (χ3v) is 4.16. The van der Waals surface area contributed by atoms with Gasteiger partial charge in [0.1, 0.15) is 5.15 Å². The lowest BCUT2D eigenvalue weighted by Crippen LogP contribution is -2.49. The first-order valence-electron chi connectivity index (χ1n) is 6.80. The van der Waals surface area contributed by atoms with E-state index in [1.54, 1.807) is 11.8 Å². The van der Waals surface area contributed by atoms with Gasteiger partial charge in [0.2, 0.25) is 0 Å². The number of nitrogens with zero attached hydrogens (tertiary/aromatic N) is 2. The molecular formula is C14H26ClN3O. The number of methoxy groups -OCH3 is 1. The van der Waals surface area contributed by atoms with Crippen LogP contribution in [0.15, 0.2) is 0 Å². The third-order valence-electron chi connectivity index (χ3n) is 3.68. The number of aromatic nitrogens is 2. The van der Waals surface area contributed by atoms with Gasteiger partial charge < -0.3 is 10.1 Å². The summed E-state index contributed by atoms with van der Waals surface area (Å²) in [6.07, 6.45) is 1.91. The monoisotopic (exact) mass is 287 g/mol. The molecular weight excluding hydrogens is 262 g/mol. The van der Waals surface area contributed by atoms with Crippen molar-refractivity contribution in [1.82, 2.24) is 15.1 Å². The van der Waals surface area contributed by atoms with Gasteiger partial charge in [-0.25, -0.2) is 0 Å². The minimum atomic E-state index is -0.249. The van der Waals surface area contributed by atoms with E-state index in [1.165, 1.54) is 0 Å². The quantitative estimate of drug-likeness (QED) is 0.838. The molecule has 0 spiro atoms. The number of rotatable bonds is 7. The topological polar surface area (TPSA) is 39.1 Å². The smallest absolute Gasteiger partial charge is 0.130 e. The van der Waals surface area contributed by atoms with E-state index in [0.29, 0.717) is 5.15 Å². The summed E-state index contributed by atoms with van der Waals surface area (Å²) in [5.41, 5.74) is 1.84. The molecule has 0 aromatic carbocycles. The summed E-state index contributed by atoms with van der Waals surface area (Å²) in [7, 11) is 3.62.